The molecule has 3 N–H and O–H groups in total. The predicted molar refractivity (Wildman–Crippen MR) is 80.7 cm³/mol. The van der Waals surface area contributed by atoms with Crippen LogP contribution < -0.4 is 10.6 Å². The molecule has 0 fully saturated rings. The zero-order chi connectivity index (χ0) is 16.1. The fourth-order valence-electron chi connectivity index (χ4n) is 2.04. The number of nitrogens with one attached hydrogen (secondary N) is 2. The topological polar surface area (TPSA) is 70.1 Å². The van der Waals surface area contributed by atoms with Gasteiger partial charge in [-0.3, -0.25) is 0 Å². The molecule has 2 unspecified atom stereocenters. The molecule has 118 valence electrons. The van der Waals surface area contributed by atoms with Crippen LogP contribution in [0.5, 0.6) is 0 Å². The second-order valence-corrected chi connectivity index (χ2v) is 5.00. The van der Waals surface area contributed by atoms with Crippen molar-refractivity contribution in [3.8, 4) is 0 Å². The Morgan fingerprint density at radius 3 is 2.55 bits per heavy atom. The summed E-state index contributed by atoms with van der Waals surface area (Å²) in [4.78, 5) is 8.17. The quantitative estimate of drug-likeness (QED) is 0.763. The van der Waals surface area contributed by atoms with Crippen LogP contribution in [0, 0.1) is 11.6 Å². The van der Waals surface area contributed by atoms with Gasteiger partial charge in [0.2, 0.25) is 5.95 Å². The van der Waals surface area contributed by atoms with Gasteiger partial charge < -0.3 is 15.7 Å². The van der Waals surface area contributed by atoms with Crippen molar-refractivity contribution >= 4 is 11.8 Å². The fourth-order valence-corrected chi connectivity index (χ4v) is 2.04. The van der Waals surface area contributed by atoms with Gasteiger partial charge in [0.15, 0.2) is 0 Å². The standard InChI is InChI=1S/C15H18F2N4O/c1-9(20-14-3-4-19-15(18-2)21-14)13(22)7-10-5-11(16)8-12(17)6-10/h3-6,8-9,13,22H,7H2,1-2H3,(H2,18,19,20,21). The first-order chi connectivity index (χ1) is 10.5. The van der Waals surface area contributed by atoms with E-state index in [1.165, 1.54) is 12.1 Å². The van der Waals surface area contributed by atoms with Crippen molar-refractivity contribution in [1.29, 1.82) is 0 Å². The second kappa shape index (κ2) is 7.13. The smallest absolute Gasteiger partial charge is 0.224 e. The summed E-state index contributed by atoms with van der Waals surface area (Å²) in [5.41, 5.74) is 0.400. The van der Waals surface area contributed by atoms with Gasteiger partial charge in [-0.05, 0) is 30.7 Å². The van der Waals surface area contributed by atoms with Gasteiger partial charge in [-0.15, -0.1) is 0 Å². The summed E-state index contributed by atoms with van der Waals surface area (Å²) in [6.07, 6.45) is 0.892. The van der Waals surface area contributed by atoms with E-state index in [9.17, 15) is 13.9 Å². The maximum Gasteiger partial charge on any atom is 0.224 e. The average Bonchev–Trinajstić information content (AvgIpc) is 2.46. The minimum absolute atomic E-state index is 0.132. The number of halogens is 2. The van der Waals surface area contributed by atoms with Crippen molar-refractivity contribution in [3.63, 3.8) is 0 Å². The van der Waals surface area contributed by atoms with E-state index < -0.39 is 17.7 Å². The molecule has 1 aromatic carbocycles. The van der Waals surface area contributed by atoms with Crippen molar-refractivity contribution in [1.82, 2.24) is 9.97 Å². The normalized spacial score (nSPS) is 13.5. The van der Waals surface area contributed by atoms with Crippen LogP contribution in [0.25, 0.3) is 0 Å². The Balaban J connectivity index is 2.00. The lowest BCUT2D eigenvalue weighted by Crippen LogP contribution is -2.32. The molecule has 0 saturated heterocycles. The van der Waals surface area contributed by atoms with Gasteiger partial charge in [-0.25, -0.2) is 13.8 Å². The number of nitrogens with zero attached hydrogens (tertiary/aromatic N) is 2. The van der Waals surface area contributed by atoms with E-state index in [0.29, 0.717) is 17.3 Å². The molecule has 0 aliphatic heterocycles. The summed E-state index contributed by atoms with van der Waals surface area (Å²) in [7, 11) is 1.70. The molecule has 0 amide bonds. The summed E-state index contributed by atoms with van der Waals surface area (Å²) in [5, 5.41) is 16.0. The van der Waals surface area contributed by atoms with E-state index in [0.717, 1.165) is 6.07 Å². The third kappa shape index (κ3) is 4.36. The molecule has 0 spiro atoms. The van der Waals surface area contributed by atoms with Crippen LogP contribution in [-0.4, -0.2) is 34.3 Å². The Morgan fingerprint density at radius 2 is 1.91 bits per heavy atom. The molecule has 0 bridgehead atoms. The summed E-state index contributed by atoms with van der Waals surface area (Å²) >= 11 is 0. The highest BCUT2D eigenvalue weighted by atomic mass is 19.1. The summed E-state index contributed by atoms with van der Waals surface area (Å²) in [6, 6.07) is 4.54. The first-order valence-electron chi connectivity index (χ1n) is 6.88. The third-order valence-electron chi connectivity index (χ3n) is 3.20. The molecule has 0 saturated carbocycles. The first-order valence-corrected chi connectivity index (χ1v) is 6.88. The lowest BCUT2D eigenvalue weighted by molar-refractivity contribution is 0.158. The van der Waals surface area contributed by atoms with Gasteiger partial charge in [-0.1, -0.05) is 0 Å². The largest absolute Gasteiger partial charge is 0.391 e. The minimum atomic E-state index is -0.825. The maximum atomic E-state index is 13.1. The monoisotopic (exact) mass is 308 g/mol. The van der Waals surface area contributed by atoms with Crippen molar-refractivity contribution in [2.24, 2.45) is 0 Å². The van der Waals surface area contributed by atoms with Gasteiger partial charge in [0.05, 0.1) is 12.1 Å². The lowest BCUT2D eigenvalue weighted by Gasteiger charge is -2.21. The molecule has 1 aromatic heterocycles. The highest BCUT2D eigenvalue weighted by Crippen LogP contribution is 2.14. The van der Waals surface area contributed by atoms with Gasteiger partial charge >= 0.3 is 0 Å². The number of hydrogen-bond acceptors (Lipinski definition) is 5. The fraction of sp³-hybridized carbons (Fsp3) is 0.333. The van der Waals surface area contributed by atoms with Gasteiger partial charge in [0, 0.05) is 25.7 Å². The molecule has 7 heteroatoms. The molecular weight excluding hydrogens is 290 g/mol. The van der Waals surface area contributed by atoms with Crippen LogP contribution in [0.4, 0.5) is 20.5 Å². The van der Waals surface area contributed by atoms with Gasteiger partial charge in [-0.2, -0.15) is 4.98 Å². The van der Waals surface area contributed by atoms with E-state index in [-0.39, 0.29) is 12.5 Å². The number of aromatic nitrogens is 2. The van der Waals surface area contributed by atoms with Crippen LogP contribution >= 0.6 is 0 Å². The summed E-state index contributed by atoms with van der Waals surface area (Å²) in [5.74, 6) is -0.301. The van der Waals surface area contributed by atoms with E-state index in [1.807, 2.05) is 0 Å². The molecular formula is C15H18F2N4O. The second-order valence-electron chi connectivity index (χ2n) is 5.00. The molecule has 0 aliphatic rings. The van der Waals surface area contributed by atoms with Crippen molar-refractivity contribution < 1.29 is 13.9 Å². The number of anilines is 2. The lowest BCUT2D eigenvalue weighted by atomic mass is 10.0. The number of hydrogen-bond donors (Lipinski definition) is 3. The zero-order valence-corrected chi connectivity index (χ0v) is 12.3. The van der Waals surface area contributed by atoms with E-state index in [2.05, 4.69) is 20.6 Å². The van der Waals surface area contributed by atoms with Crippen LogP contribution in [0.1, 0.15) is 12.5 Å². The highest BCUT2D eigenvalue weighted by Gasteiger charge is 2.16. The Bertz CT molecular complexity index is 618. The molecule has 1 heterocycles. The minimum Gasteiger partial charge on any atom is -0.391 e. The molecule has 2 atom stereocenters. The van der Waals surface area contributed by atoms with Crippen LogP contribution in [0.2, 0.25) is 0 Å². The van der Waals surface area contributed by atoms with Crippen molar-refractivity contribution in [3.05, 3.63) is 47.7 Å². The van der Waals surface area contributed by atoms with Crippen molar-refractivity contribution in [2.45, 2.75) is 25.5 Å². The average molecular weight is 308 g/mol. The molecule has 0 radical (unpaired) electrons. The van der Waals surface area contributed by atoms with Crippen molar-refractivity contribution in [2.75, 3.05) is 17.7 Å². The first kappa shape index (κ1) is 16.1. The van der Waals surface area contributed by atoms with E-state index >= 15 is 0 Å². The van der Waals surface area contributed by atoms with E-state index in [1.54, 1.807) is 26.2 Å². The number of aliphatic hydroxyl groups excluding tert-OH is 1. The molecule has 22 heavy (non-hydrogen) atoms. The summed E-state index contributed by atoms with van der Waals surface area (Å²) < 4.78 is 26.3. The summed E-state index contributed by atoms with van der Waals surface area (Å²) in [6.45, 7) is 1.77. The SMILES string of the molecule is CNc1nccc(NC(C)C(O)Cc2cc(F)cc(F)c2)n1. The van der Waals surface area contributed by atoms with E-state index in [4.69, 9.17) is 0 Å². The third-order valence-corrected chi connectivity index (χ3v) is 3.20. The molecule has 2 rings (SSSR count). The van der Waals surface area contributed by atoms with Gasteiger partial charge in [0.1, 0.15) is 17.5 Å². The Hall–Kier alpha value is -2.28. The Labute approximate surface area is 127 Å². The van der Waals surface area contributed by atoms with Crippen LogP contribution in [-0.2, 0) is 6.42 Å². The maximum absolute atomic E-state index is 13.1. The predicted octanol–water partition coefficient (Wildman–Crippen LogP) is 2.20. The van der Waals surface area contributed by atoms with Crippen LogP contribution in [0.15, 0.2) is 30.5 Å². The van der Waals surface area contributed by atoms with Crippen LogP contribution in [0.3, 0.4) is 0 Å². The highest BCUT2D eigenvalue weighted by molar-refractivity contribution is 5.40. The molecule has 5 nitrogen and oxygen atoms in total. The number of aliphatic hydroxyl groups is 1. The Morgan fingerprint density at radius 1 is 1.23 bits per heavy atom. The molecule has 2 aromatic rings. The number of rotatable bonds is 6. The zero-order valence-electron chi connectivity index (χ0n) is 12.3. The molecule has 0 aliphatic carbocycles. The number of benzene rings is 1. The van der Waals surface area contributed by atoms with Gasteiger partial charge in [0.25, 0.3) is 0 Å². The Kier molecular flexibility index (Phi) is 5.21.